The molecule has 2 aliphatic heterocycles. The standard InChI is InChI=1S/C15H22BrN3O/c1-12-14(16)2-3-15(17-12)19-7-5-18(6-8-19)10-13-4-9-20-11-13/h2-3,13H,4-11H2,1H3/t13-/m0/s1. The van der Waals surface area contributed by atoms with E-state index in [4.69, 9.17) is 4.74 Å². The fourth-order valence-corrected chi connectivity index (χ4v) is 3.18. The lowest BCUT2D eigenvalue weighted by atomic mass is 10.1. The van der Waals surface area contributed by atoms with Gasteiger partial charge in [-0.05, 0) is 47.3 Å². The smallest absolute Gasteiger partial charge is 0.128 e. The lowest BCUT2D eigenvalue weighted by Gasteiger charge is -2.36. The molecule has 2 aliphatic rings. The zero-order chi connectivity index (χ0) is 13.9. The predicted octanol–water partition coefficient (Wildman–Crippen LogP) is 2.31. The van der Waals surface area contributed by atoms with E-state index in [1.165, 1.54) is 13.0 Å². The first kappa shape index (κ1) is 14.3. The second-order valence-electron chi connectivity index (χ2n) is 5.75. The third kappa shape index (κ3) is 3.32. The molecule has 0 amide bonds. The topological polar surface area (TPSA) is 28.6 Å². The summed E-state index contributed by atoms with van der Waals surface area (Å²) in [4.78, 5) is 9.63. The number of nitrogens with zero attached hydrogens (tertiary/aromatic N) is 3. The second kappa shape index (κ2) is 6.41. The van der Waals surface area contributed by atoms with Crippen LogP contribution in [0.15, 0.2) is 16.6 Å². The van der Waals surface area contributed by atoms with Crippen molar-refractivity contribution in [1.29, 1.82) is 0 Å². The van der Waals surface area contributed by atoms with Crippen molar-refractivity contribution in [3.8, 4) is 0 Å². The Morgan fingerprint density at radius 2 is 2.10 bits per heavy atom. The molecule has 0 spiro atoms. The molecule has 0 bridgehead atoms. The van der Waals surface area contributed by atoms with E-state index in [1.54, 1.807) is 0 Å². The molecule has 1 atom stereocenters. The van der Waals surface area contributed by atoms with Gasteiger partial charge in [0.2, 0.25) is 0 Å². The van der Waals surface area contributed by atoms with Gasteiger partial charge in [-0.2, -0.15) is 0 Å². The average Bonchev–Trinajstić information content (AvgIpc) is 2.96. The fraction of sp³-hybridized carbons (Fsp3) is 0.667. The molecule has 0 aliphatic carbocycles. The van der Waals surface area contributed by atoms with Crippen molar-refractivity contribution in [2.24, 2.45) is 5.92 Å². The number of rotatable bonds is 3. The van der Waals surface area contributed by atoms with Gasteiger partial charge in [0, 0.05) is 43.8 Å². The molecule has 0 unspecified atom stereocenters. The van der Waals surface area contributed by atoms with Crippen molar-refractivity contribution in [1.82, 2.24) is 9.88 Å². The van der Waals surface area contributed by atoms with Crippen LogP contribution in [0.4, 0.5) is 5.82 Å². The number of hydrogen-bond donors (Lipinski definition) is 0. The van der Waals surface area contributed by atoms with E-state index in [1.807, 2.05) is 6.92 Å². The largest absolute Gasteiger partial charge is 0.381 e. The summed E-state index contributed by atoms with van der Waals surface area (Å²) in [6.45, 7) is 9.55. The molecular weight excluding hydrogens is 318 g/mol. The number of aromatic nitrogens is 1. The van der Waals surface area contributed by atoms with E-state index in [-0.39, 0.29) is 0 Å². The molecule has 0 aromatic carbocycles. The first-order valence-corrected chi connectivity index (χ1v) is 8.20. The zero-order valence-corrected chi connectivity index (χ0v) is 13.6. The molecule has 1 aromatic heterocycles. The number of aryl methyl sites for hydroxylation is 1. The summed E-state index contributed by atoms with van der Waals surface area (Å²) < 4.78 is 6.55. The maximum absolute atomic E-state index is 5.46. The second-order valence-corrected chi connectivity index (χ2v) is 6.61. The minimum absolute atomic E-state index is 0.745. The number of hydrogen-bond acceptors (Lipinski definition) is 4. The number of halogens is 1. The Morgan fingerprint density at radius 3 is 2.75 bits per heavy atom. The highest BCUT2D eigenvalue weighted by atomic mass is 79.9. The lowest BCUT2D eigenvalue weighted by Crippen LogP contribution is -2.48. The highest BCUT2D eigenvalue weighted by molar-refractivity contribution is 9.10. The van der Waals surface area contributed by atoms with Crippen molar-refractivity contribution in [3.05, 3.63) is 22.3 Å². The van der Waals surface area contributed by atoms with Crippen molar-refractivity contribution in [2.45, 2.75) is 13.3 Å². The van der Waals surface area contributed by atoms with E-state index in [0.717, 1.165) is 61.3 Å². The zero-order valence-electron chi connectivity index (χ0n) is 12.0. The van der Waals surface area contributed by atoms with E-state index < -0.39 is 0 Å². The normalized spacial score (nSPS) is 24.3. The lowest BCUT2D eigenvalue weighted by molar-refractivity contribution is 0.164. The highest BCUT2D eigenvalue weighted by Gasteiger charge is 2.23. The molecule has 1 aromatic rings. The maximum atomic E-state index is 5.46. The van der Waals surface area contributed by atoms with Gasteiger partial charge in [0.1, 0.15) is 5.82 Å². The Labute approximate surface area is 129 Å². The SMILES string of the molecule is Cc1nc(N2CCN(C[C@@H]3CCOC3)CC2)ccc1Br. The van der Waals surface area contributed by atoms with Crippen LogP contribution in [-0.2, 0) is 4.74 Å². The van der Waals surface area contributed by atoms with Gasteiger partial charge in [-0.1, -0.05) is 0 Å². The van der Waals surface area contributed by atoms with Crippen LogP contribution in [0.1, 0.15) is 12.1 Å². The van der Waals surface area contributed by atoms with Crippen LogP contribution >= 0.6 is 15.9 Å². The molecule has 20 heavy (non-hydrogen) atoms. The van der Waals surface area contributed by atoms with Gasteiger partial charge in [0.25, 0.3) is 0 Å². The first-order valence-electron chi connectivity index (χ1n) is 7.40. The minimum Gasteiger partial charge on any atom is -0.381 e. The summed E-state index contributed by atoms with van der Waals surface area (Å²) in [5.74, 6) is 1.85. The molecule has 3 rings (SSSR count). The highest BCUT2D eigenvalue weighted by Crippen LogP contribution is 2.21. The van der Waals surface area contributed by atoms with Gasteiger partial charge in [0.15, 0.2) is 0 Å². The molecule has 0 saturated carbocycles. The third-order valence-corrected chi connectivity index (χ3v) is 5.08. The molecule has 4 nitrogen and oxygen atoms in total. The molecule has 2 fully saturated rings. The summed E-state index contributed by atoms with van der Waals surface area (Å²) in [5.41, 5.74) is 1.06. The maximum Gasteiger partial charge on any atom is 0.128 e. The van der Waals surface area contributed by atoms with Crippen LogP contribution in [0.2, 0.25) is 0 Å². The van der Waals surface area contributed by atoms with Gasteiger partial charge in [0.05, 0.1) is 12.3 Å². The first-order chi connectivity index (χ1) is 9.72. The number of piperazine rings is 1. The van der Waals surface area contributed by atoms with Gasteiger partial charge in [-0.25, -0.2) is 4.98 Å². The molecule has 110 valence electrons. The Morgan fingerprint density at radius 1 is 1.30 bits per heavy atom. The monoisotopic (exact) mass is 339 g/mol. The van der Waals surface area contributed by atoms with Crippen molar-refractivity contribution in [3.63, 3.8) is 0 Å². The average molecular weight is 340 g/mol. The van der Waals surface area contributed by atoms with Crippen LogP contribution in [0, 0.1) is 12.8 Å². The van der Waals surface area contributed by atoms with Crippen molar-refractivity contribution < 1.29 is 4.74 Å². The van der Waals surface area contributed by atoms with Crippen LogP contribution in [-0.4, -0.2) is 55.8 Å². The van der Waals surface area contributed by atoms with Crippen LogP contribution in [0.5, 0.6) is 0 Å². The molecule has 5 heteroatoms. The molecule has 2 saturated heterocycles. The van der Waals surface area contributed by atoms with Gasteiger partial charge >= 0.3 is 0 Å². The van der Waals surface area contributed by atoms with Crippen molar-refractivity contribution >= 4 is 21.7 Å². The Balaban J connectivity index is 1.53. The molecule has 0 radical (unpaired) electrons. The van der Waals surface area contributed by atoms with E-state index in [0.29, 0.717) is 0 Å². The predicted molar refractivity (Wildman–Crippen MR) is 84.3 cm³/mol. The molecular formula is C15H22BrN3O. The van der Waals surface area contributed by atoms with Crippen LogP contribution < -0.4 is 4.90 Å². The Bertz CT molecular complexity index is 454. The van der Waals surface area contributed by atoms with E-state index in [9.17, 15) is 0 Å². The summed E-state index contributed by atoms with van der Waals surface area (Å²) >= 11 is 3.51. The number of anilines is 1. The van der Waals surface area contributed by atoms with E-state index >= 15 is 0 Å². The Kier molecular flexibility index (Phi) is 4.58. The quantitative estimate of drug-likeness (QED) is 0.844. The van der Waals surface area contributed by atoms with Crippen molar-refractivity contribution in [2.75, 3.05) is 50.8 Å². The van der Waals surface area contributed by atoms with Gasteiger partial charge in [-0.15, -0.1) is 0 Å². The van der Waals surface area contributed by atoms with Crippen LogP contribution in [0.3, 0.4) is 0 Å². The number of ether oxygens (including phenoxy) is 1. The molecule has 3 heterocycles. The summed E-state index contributed by atoms with van der Waals surface area (Å²) in [5, 5.41) is 0. The summed E-state index contributed by atoms with van der Waals surface area (Å²) in [6, 6.07) is 4.21. The number of pyridine rings is 1. The Hall–Kier alpha value is -0.650. The van der Waals surface area contributed by atoms with Gasteiger partial charge < -0.3 is 9.64 Å². The molecule has 0 N–H and O–H groups in total. The minimum atomic E-state index is 0.745. The summed E-state index contributed by atoms with van der Waals surface area (Å²) in [7, 11) is 0. The summed E-state index contributed by atoms with van der Waals surface area (Å²) in [6.07, 6.45) is 1.23. The van der Waals surface area contributed by atoms with Crippen LogP contribution in [0.25, 0.3) is 0 Å². The van der Waals surface area contributed by atoms with E-state index in [2.05, 4.69) is 42.8 Å². The van der Waals surface area contributed by atoms with Gasteiger partial charge in [-0.3, -0.25) is 4.90 Å². The third-order valence-electron chi connectivity index (χ3n) is 4.24. The fourth-order valence-electron chi connectivity index (χ4n) is 2.96.